The smallest absolute Gasteiger partial charge is 0.306 e. The van der Waals surface area contributed by atoms with E-state index in [0.717, 1.165) is 5.31 Å². The van der Waals surface area contributed by atoms with Crippen molar-refractivity contribution in [3.05, 3.63) is 52.9 Å². The Morgan fingerprint density at radius 1 is 1.00 bits per heavy atom. The number of rotatable bonds is 6. The summed E-state index contributed by atoms with van der Waals surface area (Å²) in [5.41, 5.74) is 3.64. The Morgan fingerprint density at radius 2 is 1.58 bits per heavy atom. The molecule has 128 valence electrons. The van der Waals surface area contributed by atoms with E-state index in [9.17, 15) is 4.57 Å². The largest absolute Gasteiger partial charge is 0.357 e. The van der Waals surface area contributed by atoms with Crippen LogP contribution in [0.25, 0.3) is 5.57 Å². The molecule has 0 saturated heterocycles. The van der Waals surface area contributed by atoms with Gasteiger partial charge in [0.05, 0.1) is 18.5 Å². The lowest BCUT2D eigenvalue weighted by Crippen LogP contribution is -2.34. The van der Waals surface area contributed by atoms with Gasteiger partial charge in [0, 0.05) is 5.92 Å². The van der Waals surface area contributed by atoms with Gasteiger partial charge in [-0.1, -0.05) is 42.0 Å². The van der Waals surface area contributed by atoms with Crippen molar-refractivity contribution >= 4 is 13.2 Å². The van der Waals surface area contributed by atoms with Gasteiger partial charge in [-0.2, -0.15) is 0 Å². The first kappa shape index (κ1) is 16.3. The summed E-state index contributed by atoms with van der Waals surface area (Å²) in [4.78, 5) is 0. The molecule has 1 aromatic rings. The van der Waals surface area contributed by atoms with E-state index in [-0.39, 0.29) is 0 Å². The maximum absolute atomic E-state index is 13.5. The normalized spacial score (nSPS) is 30.6. The molecule has 0 unspecified atom stereocenters. The summed E-state index contributed by atoms with van der Waals surface area (Å²) in [5.74, 6) is 1.89. The first-order valence-corrected chi connectivity index (χ1v) is 10.5. The Balaban J connectivity index is 1.83. The molecule has 0 heterocycles. The monoisotopic (exact) mass is 344 g/mol. The summed E-state index contributed by atoms with van der Waals surface area (Å²) < 4.78 is 25.0. The maximum atomic E-state index is 13.5. The molecule has 1 fully saturated rings. The Bertz CT molecular complexity index is 737. The molecule has 3 aliphatic carbocycles. The van der Waals surface area contributed by atoms with Crippen LogP contribution in [0.5, 0.6) is 0 Å². The molecule has 1 saturated carbocycles. The lowest BCUT2D eigenvalue weighted by molar-refractivity contribution is 0.217. The van der Waals surface area contributed by atoms with Gasteiger partial charge in [-0.25, -0.2) is 0 Å². The summed E-state index contributed by atoms with van der Waals surface area (Å²) >= 11 is 0. The molecule has 24 heavy (non-hydrogen) atoms. The highest BCUT2D eigenvalue weighted by Gasteiger charge is 2.60. The summed E-state index contributed by atoms with van der Waals surface area (Å²) in [5, 5.41) is 0.955. The van der Waals surface area contributed by atoms with Crippen LogP contribution in [0.1, 0.15) is 31.4 Å². The number of fused-ring (bicyclic) bond motifs is 5. The minimum Gasteiger partial charge on any atom is -0.306 e. The molecule has 0 amide bonds. The van der Waals surface area contributed by atoms with Crippen LogP contribution in [-0.2, 0) is 13.6 Å². The molecular weight excluding hydrogens is 319 g/mol. The summed E-state index contributed by atoms with van der Waals surface area (Å²) in [7, 11) is -3.21. The predicted octanol–water partition coefficient (Wildman–Crippen LogP) is 5.42. The van der Waals surface area contributed by atoms with Crippen molar-refractivity contribution in [2.24, 2.45) is 23.7 Å². The second-order valence-corrected chi connectivity index (χ2v) is 8.99. The van der Waals surface area contributed by atoms with Crippen LogP contribution < -0.4 is 0 Å². The number of allylic oxidation sites excluding steroid dienone is 4. The molecule has 3 aliphatic rings. The van der Waals surface area contributed by atoms with Crippen LogP contribution in [0.4, 0.5) is 0 Å². The van der Waals surface area contributed by atoms with Crippen LogP contribution in [0, 0.1) is 30.6 Å². The highest BCUT2D eigenvalue weighted by molar-refractivity contribution is 7.59. The lowest BCUT2D eigenvalue weighted by atomic mass is 9.66. The topological polar surface area (TPSA) is 35.5 Å². The molecule has 0 aliphatic heterocycles. The standard InChI is InChI=1S/C20H25O3P/c1-4-22-24(21,23-5-2)20-18(14-8-6-13(3)7-9-14)17-15-10-11-16(12-15)19(17)20/h6-11,15-17,19H,4-5,12H2,1-3H3/t15-,16+,17-,19-/m1/s1. The fourth-order valence-corrected chi connectivity index (χ4v) is 7.09. The fraction of sp³-hybridized carbons (Fsp3) is 0.500. The van der Waals surface area contributed by atoms with Crippen molar-refractivity contribution in [3.8, 4) is 0 Å². The second-order valence-electron chi connectivity index (χ2n) is 7.00. The van der Waals surface area contributed by atoms with Crippen LogP contribution in [0.3, 0.4) is 0 Å². The molecule has 4 rings (SSSR count). The quantitative estimate of drug-likeness (QED) is 0.510. The highest BCUT2D eigenvalue weighted by Crippen LogP contribution is 2.75. The average Bonchev–Trinajstić information content (AvgIpc) is 3.07. The van der Waals surface area contributed by atoms with Crippen molar-refractivity contribution in [3.63, 3.8) is 0 Å². The third kappa shape index (κ3) is 2.29. The molecule has 4 atom stereocenters. The van der Waals surface area contributed by atoms with E-state index < -0.39 is 7.60 Å². The van der Waals surface area contributed by atoms with Gasteiger partial charge in [-0.15, -0.1) is 0 Å². The molecule has 0 aromatic heterocycles. The first-order chi connectivity index (χ1) is 11.6. The molecule has 0 N–H and O–H groups in total. The minimum absolute atomic E-state index is 0.334. The van der Waals surface area contributed by atoms with E-state index in [0.29, 0.717) is 36.9 Å². The summed E-state index contributed by atoms with van der Waals surface area (Å²) in [6, 6.07) is 8.56. The average molecular weight is 344 g/mol. The molecular formula is C20H25O3P. The van der Waals surface area contributed by atoms with Gasteiger partial charge in [0.2, 0.25) is 0 Å². The first-order valence-electron chi connectivity index (χ1n) is 8.98. The van der Waals surface area contributed by atoms with Gasteiger partial charge in [-0.3, -0.25) is 4.57 Å². The molecule has 2 bridgehead atoms. The van der Waals surface area contributed by atoms with Crippen molar-refractivity contribution < 1.29 is 13.6 Å². The summed E-state index contributed by atoms with van der Waals surface area (Å²) in [6.45, 7) is 6.67. The lowest BCUT2D eigenvalue weighted by Gasteiger charge is -2.45. The third-order valence-electron chi connectivity index (χ3n) is 5.64. The van der Waals surface area contributed by atoms with Gasteiger partial charge in [0.25, 0.3) is 0 Å². The van der Waals surface area contributed by atoms with E-state index >= 15 is 0 Å². The van der Waals surface area contributed by atoms with E-state index in [2.05, 4.69) is 43.3 Å². The fourth-order valence-electron chi connectivity index (χ4n) is 4.76. The number of benzene rings is 1. The Morgan fingerprint density at radius 3 is 2.17 bits per heavy atom. The van der Waals surface area contributed by atoms with E-state index in [1.165, 1.54) is 23.1 Å². The van der Waals surface area contributed by atoms with Gasteiger partial charge >= 0.3 is 7.60 Å². The minimum atomic E-state index is -3.21. The zero-order valence-corrected chi connectivity index (χ0v) is 15.5. The van der Waals surface area contributed by atoms with E-state index in [1.54, 1.807) is 0 Å². The molecule has 0 radical (unpaired) electrons. The van der Waals surface area contributed by atoms with Gasteiger partial charge in [0.1, 0.15) is 0 Å². The van der Waals surface area contributed by atoms with Gasteiger partial charge in [0.15, 0.2) is 0 Å². The SMILES string of the molecule is CCOP(=O)(OCC)C1=C(c2ccc(C)cc2)[C@@H]2[C@H]1[C@H]1C=C[C@@H]2C1. The van der Waals surface area contributed by atoms with Crippen LogP contribution in [-0.4, -0.2) is 13.2 Å². The van der Waals surface area contributed by atoms with Crippen LogP contribution in [0.2, 0.25) is 0 Å². The van der Waals surface area contributed by atoms with Gasteiger partial charge in [-0.05, 0) is 56.1 Å². The number of hydrogen-bond donors (Lipinski definition) is 0. The Kier molecular flexibility index (Phi) is 4.07. The van der Waals surface area contributed by atoms with Crippen LogP contribution >= 0.6 is 7.60 Å². The molecule has 0 spiro atoms. The van der Waals surface area contributed by atoms with E-state index in [1.807, 2.05) is 13.8 Å². The third-order valence-corrected chi connectivity index (χ3v) is 7.97. The van der Waals surface area contributed by atoms with Crippen LogP contribution in [0.15, 0.2) is 41.7 Å². The van der Waals surface area contributed by atoms with Gasteiger partial charge < -0.3 is 9.05 Å². The second kappa shape index (κ2) is 5.98. The molecule has 4 heteroatoms. The number of aryl methyl sites for hydroxylation is 1. The van der Waals surface area contributed by atoms with E-state index in [4.69, 9.17) is 9.05 Å². The zero-order valence-electron chi connectivity index (χ0n) is 14.6. The zero-order chi connectivity index (χ0) is 16.9. The Labute approximate surface area is 144 Å². The molecule has 1 aromatic carbocycles. The summed E-state index contributed by atoms with van der Waals surface area (Å²) in [6.07, 6.45) is 5.83. The van der Waals surface area contributed by atoms with Crippen molar-refractivity contribution in [2.75, 3.05) is 13.2 Å². The molecule has 3 nitrogen and oxygen atoms in total. The van der Waals surface area contributed by atoms with Crippen molar-refractivity contribution in [1.82, 2.24) is 0 Å². The van der Waals surface area contributed by atoms with Crippen molar-refractivity contribution in [2.45, 2.75) is 27.2 Å². The Hall–Kier alpha value is -1.15. The highest BCUT2D eigenvalue weighted by atomic mass is 31.2. The predicted molar refractivity (Wildman–Crippen MR) is 96.7 cm³/mol. The van der Waals surface area contributed by atoms with Crippen molar-refractivity contribution in [1.29, 1.82) is 0 Å². The maximum Gasteiger partial charge on any atom is 0.357 e. The number of hydrogen-bond acceptors (Lipinski definition) is 3.